The predicted octanol–water partition coefficient (Wildman–Crippen LogP) is 2.95. The van der Waals surface area contributed by atoms with Gasteiger partial charge in [0, 0.05) is 4.88 Å². The minimum atomic E-state index is -0.0434. The van der Waals surface area contributed by atoms with Gasteiger partial charge in [0.25, 0.3) is 5.56 Å². The van der Waals surface area contributed by atoms with Crippen molar-refractivity contribution in [2.45, 2.75) is 38.8 Å². The quantitative estimate of drug-likeness (QED) is 0.789. The summed E-state index contributed by atoms with van der Waals surface area (Å²) >= 11 is 3.27. The fourth-order valence-electron chi connectivity index (χ4n) is 3.01. The van der Waals surface area contributed by atoms with Gasteiger partial charge in [0.2, 0.25) is 0 Å². The first-order chi connectivity index (χ1) is 11.2. The molecule has 5 nitrogen and oxygen atoms in total. The second-order valence-electron chi connectivity index (χ2n) is 6.00. The Hall–Kier alpha value is -1.57. The molecule has 0 atom stereocenters. The molecule has 0 fully saturated rings. The van der Waals surface area contributed by atoms with Gasteiger partial charge in [-0.1, -0.05) is 0 Å². The molecule has 1 N–H and O–H groups in total. The maximum Gasteiger partial charge on any atom is 0.268 e. The van der Waals surface area contributed by atoms with E-state index in [0.717, 1.165) is 18.5 Å². The van der Waals surface area contributed by atoms with Crippen LogP contribution in [0.2, 0.25) is 0 Å². The molecule has 0 amide bonds. The third kappa shape index (κ3) is 3.08. The highest BCUT2D eigenvalue weighted by atomic mass is 32.1. The first-order valence-electron chi connectivity index (χ1n) is 7.81. The third-order valence-corrected chi connectivity index (χ3v) is 6.12. The highest BCUT2D eigenvalue weighted by Gasteiger charge is 2.16. The van der Waals surface area contributed by atoms with Crippen molar-refractivity contribution in [2.75, 3.05) is 7.05 Å². The van der Waals surface area contributed by atoms with Gasteiger partial charge in [0.1, 0.15) is 15.5 Å². The van der Waals surface area contributed by atoms with Crippen LogP contribution in [0.3, 0.4) is 0 Å². The fourth-order valence-corrected chi connectivity index (χ4v) is 4.97. The zero-order valence-corrected chi connectivity index (χ0v) is 14.6. The van der Waals surface area contributed by atoms with Gasteiger partial charge in [-0.15, -0.1) is 22.7 Å². The van der Waals surface area contributed by atoms with Gasteiger partial charge in [-0.2, -0.15) is 0 Å². The van der Waals surface area contributed by atoms with Crippen molar-refractivity contribution in [2.24, 2.45) is 0 Å². The number of hydrogen-bond acceptors (Lipinski definition) is 6. The normalized spacial score (nSPS) is 14.5. The van der Waals surface area contributed by atoms with Gasteiger partial charge < -0.3 is 4.98 Å². The summed E-state index contributed by atoms with van der Waals surface area (Å²) in [4.78, 5) is 27.8. The Balaban J connectivity index is 1.49. The summed E-state index contributed by atoms with van der Waals surface area (Å²) in [7, 11) is 2.04. The number of thiazole rings is 1. The van der Waals surface area contributed by atoms with Crippen molar-refractivity contribution >= 4 is 32.9 Å². The van der Waals surface area contributed by atoms with E-state index in [1.54, 1.807) is 0 Å². The SMILES string of the molecule is CN(Cc1nc2ccsc2c(=O)[nH]1)Cc1nc2c(s1)CCCC2. The first kappa shape index (κ1) is 15.0. The molecule has 0 unspecified atom stereocenters. The van der Waals surface area contributed by atoms with Crippen LogP contribution >= 0.6 is 22.7 Å². The lowest BCUT2D eigenvalue weighted by molar-refractivity contribution is 0.310. The number of thiophene rings is 1. The summed E-state index contributed by atoms with van der Waals surface area (Å²) in [6, 6.07) is 1.90. The number of fused-ring (bicyclic) bond motifs is 2. The van der Waals surface area contributed by atoms with E-state index in [-0.39, 0.29) is 5.56 Å². The molecule has 23 heavy (non-hydrogen) atoms. The predicted molar refractivity (Wildman–Crippen MR) is 94.2 cm³/mol. The Bertz CT molecular complexity index is 872. The van der Waals surface area contributed by atoms with Crippen LogP contribution in [0.25, 0.3) is 10.2 Å². The number of hydrogen-bond donors (Lipinski definition) is 1. The summed E-state index contributed by atoms with van der Waals surface area (Å²) in [6.07, 6.45) is 4.85. The van der Waals surface area contributed by atoms with E-state index < -0.39 is 0 Å². The van der Waals surface area contributed by atoms with Crippen molar-refractivity contribution in [3.8, 4) is 0 Å². The van der Waals surface area contributed by atoms with Crippen molar-refractivity contribution in [1.82, 2.24) is 19.9 Å². The van der Waals surface area contributed by atoms with Gasteiger partial charge in [0.15, 0.2) is 0 Å². The standard InChI is InChI=1S/C16H18N4OS2/c1-20(9-14-18-10-4-2-3-5-12(10)23-14)8-13-17-11-6-7-22-15(11)16(21)19-13/h6-7H,2-5,8-9H2,1H3,(H,17,19,21). The van der Waals surface area contributed by atoms with E-state index in [9.17, 15) is 4.79 Å². The number of aromatic nitrogens is 3. The van der Waals surface area contributed by atoms with E-state index in [1.165, 1.54) is 46.2 Å². The molecule has 0 saturated heterocycles. The number of nitrogens with zero attached hydrogens (tertiary/aromatic N) is 3. The summed E-state index contributed by atoms with van der Waals surface area (Å²) in [5.41, 5.74) is 2.04. The number of rotatable bonds is 4. The molecule has 4 rings (SSSR count). The lowest BCUT2D eigenvalue weighted by atomic mass is 10.0. The third-order valence-electron chi connectivity index (χ3n) is 4.08. The summed E-state index contributed by atoms with van der Waals surface area (Å²) in [5.74, 6) is 0.713. The minimum Gasteiger partial charge on any atom is -0.308 e. The van der Waals surface area contributed by atoms with E-state index in [2.05, 4.69) is 14.9 Å². The van der Waals surface area contributed by atoms with Crippen LogP contribution < -0.4 is 5.56 Å². The fraction of sp³-hybridized carbons (Fsp3) is 0.438. The van der Waals surface area contributed by atoms with Crippen LogP contribution in [0.1, 0.15) is 34.2 Å². The van der Waals surface area contributed by atoms with Crippen LogP contribution in [0.5, 0.6) is 0 Å². The van der Waals surface area contributed by atoms with E-state index in [1.807, 2.05) is 29.8 Å². The number of nitrogens with one attached hydrogen (secondary N) is 1. The van der Waals surface area contributed by atoms with Crippen LogP contribution in [0.15, 0.2) is 16.2 Å². The Kier molecular flexibility index (Phi) is 4.00. The Labute approximate surface area is 142 Å². The second-order valence-corrected chi connectivity index (χ2v) is 8.09. The molecule has 1 aliphatic carbocycles. The van der Waals surface area contributed by atoms with E-state index >= 15 is 0 Å². The van der Waals surface area contributed by atoms with Crippen LogP contribution in [0, 0.1) is 0 Å². The van der Waals surface area contributed by atoms with Crippen molar-refractivity contribution < 1.29 is 0 Å². The van der Waals surface area contributed by atoms with Gasteiger partial charge >= 0.3 is 0 Å². The van der Waals surface area contributed by atoms with Crippen LogP contribution in [-0.4, -0.2) is 26.9 Å². The maximum atomic E-state index is 12.0. The Morgan fingerprint density at radius 2 is 2.13 bits per heavy atom. The zero-order chi connectivity index (χ0) is 15.8. The Morgan fingerprint density at radius 1 is 1.26 bits per heavy atom. The molecule has 0 saturated carbocycles. The van der Waals surface area contributed by atoms with Crippen LogP contribution in [0.4, 0.5) is 0 Å². The largest absolute Gasteiger partial charge is 0.308 e. The van der Waals surface area contributed by atoms with Gasteiger partial charge in [-0.3, -0.25) is 9.69 Å². The lowest BCUT2D eigenvalue weighted by Crippen LogP contribution is -2.21. The molecular weight excluding hydrogens is 328 g/mol. The molecule has 120 valence electrons. The van der Waals surface area contributed by atoms with E-state index in [4.69, 9.17) is 4.98 Å². The summed E-state index contributed by atoms with van der Waals surface area (Å²) < 4.78 is 0.698. The molecule has 0 aromatic carbocycles. The highest BCUT2D eigenvalue weighted by molar-refractivity contribution is 7.17. The molecule has 1 aliphatic rings. The molecular formula is C16H18N4OS2. The highest BCUT2D eigenvalue weighted by Crippen LogP contribution is 2.27. The summed E-state index contributed by atoms with van der Waals surface area (Å²) in [5, 5.41) is 3.07. The number of aryl methyl sites for hydroxylation is 2. The maximum absolute atomic E-state index is 12.0. The molecule has 3 aromatic heterocycles. The molecule has 3 heterocycles. The first-order valence-corrected chi connectivity index (χ1v) is 9.51. The molecule has 3 aromatic rings. The van der Waals surface area contributed by atoms with Crippen molar-refractivity contribution in [1.29, 1.82) is 0 Å². The van der Waals surface area contributed by atoms with Gasteiger partial charge in [-0.05, 0) is 44.2 Å². The molecule has 0 spiro atoms. The van der Waals surface area contributed by atoms with Gasteiger partial charge in [0.05, 0.1) is 24.3 Å². The lowest BCUT2D eigenvalue weighted by Gasteiger charge is -2.14. The monoisotopic (exact) mass is 346 g/mol. The molecule has 0 bridgehead atoms. The topological polar surface area (TPSA) is 61.9 Å². The van der Waals surface area contributed by atoms with Crippen LogP contribution in [-0.2, 0) is 25.9 Å². The molecule has 0 aliphatic heterocycles. The Morgan fingerprint density at radius 3 is 3.00 bits per heavy atom. The average Bonchev–Trinajstić information content (AvgIpc) is 3.12. The summed E-state index contributed by atoms with van der Waals surface area (Å²) in [6.45, 7) is 1.41. The number of H-pyrrole nitrogens is 1. The molecule has 7 heteroatoms. The van der Waals surface area contributed by atoms with E-state index in [0.29, 0.717) is 17.1 Å². The minimum absolute atomic E-state index is 0.0434. The van der Waals surface area contributed by atoms with Gasteiger partial charge in [-0.25, -0.2) is 9.97 Å². The average molecular weight is 346 g/mol. The second kappa shape index (κ2) is 6.14. The van der Waals surface area contributed by atoms with Crippen molar-refractivity contribution in [3.05, 3.63) is 43.2 Å². The number of aromatic amines is 1. The smallest absolute Gasteiger partial charge is 0.268 e. The molecule has 0 radical (unpaired) electrons. The van der Waals surface area contributed by atoms with Crippen molar-refractivity contribution in [3.63, 3.8) is 0 Å². The zero-order valence-electron chi connectivity index (χ0n) is 13.0.